The van der Waals surface area contributed by atoms with Gasteiger partial charge in [-0.3, -0.25) is 0 Å². The first-order valence-electron chi connectivity index (χ1n) is 7.98. The molecule has 0 fully saturated rings. The van der Waals surface area contributed by atoms with Crippen LogP contribution in [-0.4, -0.2) is 26.2 Å². The number of sulfone groups is 1. The van der Waals surface area contributed by atoms with Crippen LogP contribution in [0.25, 0.3) is 22.2 Å². The number of nitrogens with one attached hydrogen (secondary N) is 2. The Bertz CT molecular complexity index is 997. The van der Waals surface area contributed by atoms with Gasteiger partial charge in [0.15, 0.2) is 9.84 Å². The molecule has 0 saturated carbocycles. The van der Waals surface area contributed by atoms with E-state index in [9.17, 15) is 8.42 Å². The monoisotopic (exact) mass is 342 g/mol. The van der Waals surface area contributed by atoms with Crippen molar-refractivity contribution in [2.75, 3.05) is 18.1 Å². The van der Waals surface area contributed by atoms with E-state index in [0.29, 0.717) is 4.90 Å². The quantitative estimate of drug-likeness (QED) is 0.743. The van der Waals surface area contributed by atoms with Crippen molar-refractivity contribution in [3.05, 3.63) is 47.5 Å². The van der Waals surface area contributed by atoms with Gasteiger partial charge in [-0.2, -0.15) is 0 Å². The van der Waals surface area contributed by atoms with Crippen molar-refractivity contribution in [2.24, 2.45) is 0 Å². The molecule has 2 N–H and O–H groups in total. The number of fused-ring (bicyclic) bond motifs is 1. The molecule has 0 atom stereocenters. The minimum Gasteiger partial charge on any atom is -0.383 e. The normalized spacial score (nSPS) is 11.8. The van der Waals surface area contributed by atoms with Crippen molar-refractivity contribution in [2.45, 2.75) is 25.7 Å². The lowest BCUT2D eigenvalue weighted by Crippen LogP contribution is -1.99. The Morgan fingerprint density at radius 2 is 1.71 bits per heavy atom. The van der Waals surface area contributed by atoms with Gasteiger partial charge in [-0.05, 0) is 51.1 Å². The van der Waals surface area contributed by atoms with Crippen LogP contribution in [0.15, 0.2) is 41.3 Å². The van der Waals surface area contributed by atoms with Gasteiger partial charge in [0.25, 0.3) is 0 Å². The fourth-order valence-corrected chi connectivity index (χ4v) is 3.74. The lowest BCUT2D eigenvalue weighted by molar-refractivity contribution is 0.602. The number of aromatic nitrogens is 1. The number of hydrogen-bond acceptors (Lipinski definition) is 3. The predicted octanol–water partition coefficient (Wildman–Crippen LogP) is 4.29. The zero-order valence-corrected chi connectivity index (χ0v) is 15.2. The van der Waals surface area contributed by atoms with Gasteiger partial charge in [0.2, 0.25) is 0 Å². The molecule has 3 aromatic rings. The molecule has 1 heterocycles. The van der Waals surface area contributed by atoms with Crippen molar-refractivity contribution >= 4 is 26.4 Å². The number of aryl methyl sites for hydroxylation is 2. The van der Waals surface area contributed by atoms with E-state index in [1.54, 1.807) is 12.1 Å². The third kappa shape index (κ3) is 3.04. The standard InChI is InChI=1S/C19H22N2O2S/c1-5-20-19-16-11-15(24(4,22)23)6-7-17(16)21-18(19)14-9-12(2)8-13(3)10-14/h6-11,20-21H,5H2,1-4H3. The van der Waals surface area contributed by atoms with Gasteiger partial charge in [0.05, 0.1) is 16.3 Å². The molecule has 5 heteroatoms. The molecule has 0 saturated heterocycles. The van der Waals surface area contributed by atoms with E-state index in [4.69, 9.17) is 0 Å². The van der Waals surface area contributed by atoms with Crippen molar-refractivity contribution in [1.82, 2.24) is 4.98 Å². The Kier molecular flexibility index (Phi) is 4.13. The maximum Gasteiger partial charge on any atom is 0.175 e. The molecule has 0 aliphatic carbocycles. The maximum atomic E-state index is 11.9. The Hall–Kier alpha value is -2.27. The van der Waals surface area contributed by atoms with Crippen LogP contribution in [0.1, 0.15) is 18.1 Å². The number of rotatable bonds is 4. The molecule has 2 aromatic carbocycles. The Morgan fingerprint density at radius 1 is 1.04 bits per heavy atom. The topological polar surface area (TPSA) is 62.0 Å². The summed E-state index contributed by atoms with van der Waals surface area (Å²) in [6.07, 6.45) is 1.23. The molecule has 0 bridgehead atoms. The van der Waals surface area contributed by atoms with Crippen LogP contribution in [0.3, 0.4) is 0 Å². The van der Waals surface area contributed by atoms with E-state index in [2.05, 4.69) is 42.3 Å². The predicted molar refractivity (Wildman–Crippen MR) is 100 cm³/mol. The first-order chi connectivity index (χ1) is 11.3. The van der Waals surface area contributed by atoms with Crippen LogP contribution in [-0.2, 0) is 9.84 Å². The van der Waals surface area contributed by atoms with Crippen molar-refractivity contribution in [3.8, 4) is 11.3 Å². The zero-order valence-electron chi connectivity index (χ0n) is 14.4. The Labute approximate surface area is 142 Å². The minimum atomic E-state index is -3.24. The summed E-state index contributed by atoms with van der Waals surface area (Å²) in [5.41, 5.74) is 6.35. The van der Waals surface area contributed by atoms with Gasteiger partial charge in [-0.1, -0.05) is 17.2 Å². The molecule has 0 spiro atoms. The highest BCUT2D eigenvalue weighted by Crippen LogP contribution is 2.36. The largest absolute Gasteiger partial charge is 0.383 e. The SMILES string of the molecule is CCNc1c(-c2cc(C)cc(C)c2)[nH]c2ccc(S(C)(=O)=O)cc12. The molecule has 24 heavy (non-hydrogen) atoms. The minimum absolute atomic E-state index is 0.333. The molecule has 0 aliphatic heterocycles. The summed E-state index contributed by atoms with van der Waals surface area (Å²) < 4.78 is 23.8. The fourth-order valence-electron chi connectivity index (χ4n) is 3.10. The molecule has 0 unspecified atom stereocenters. The first kappa shape index (κ1) is 16.6. The molecular weight excluding hydrogens is 320 g/mol. The van der Waals surface area contributed by atoms with Gasteiger partial charge in [-0.15, -0.1) is 0 Å². The van der Waals surface area contributed by atoms with Gasteiger partial charge in [0.1, 0.15) is 0 Å². The van der Waals surface area contributed by atoms with E-state index in [1.165, 1.54) is 17.4 Å². The van der Waals surface area contributed by atoms with E-state index >= 15 is 0 Å². The average Bonchev–Trinajstić information content (AvgIpc) is 2.84. The molecule has 0 amide bonds. The molecule has 4 nitrogen and oxygen atoms in total. The molecule has 126 valence electrons. The molecule has 3 rings (SSSR count). The highest BCUT2D eigenvalue weighted by Gasteiger charge is 2.16. The number of anilines is 1. The summed E-state index contributed by atoms with van der Waals surface area (Å²) in [6, 6.07) is 11.6. The van der Waals surface area contributed by atoms with E-state index in [1.807, 2.05) is 13.0 Å². The van der Waals surface area contributed by atoms with Crippen LogP contribution in [0, 0.1) is 13.8 Å². The van der Waals surface area contributed by atoms with E-state index in [0.717, 1.165) is 34.4 Å². The summed E-state index contributed by atoms with van der Waals surface area (Å²) in [7, 11) is -3.24. The summed E-state index contributed by atoms with van der Waals surface area (Å²) in [5, 5.41) is 4.29. The van der Waals surface area contributed by atoms with Gasteiger partial charge < -0.3 is 10.3 Å². The fraction of sp³-hybridized carbons (Fsp3) is 0.263. The Morgan fingerprint density at radius 3 is 2.29 bits per heavy atom. The third-order valence-corrected chi connectivity index (χ3v) is 5.17. The van der Waals surface area contributed by atoms with E-state index in [-0.39, 0.29) is 0 Å². The van der Waals surface area contributed by atoms with Crippen LogP contribution >= 0.6 is 0 Å². The van der Waals surface area contributed by atoms with Gasteiger partial charge in [-0.25, -0.2) is 8.42 Å². The van der Waals surface area contributed by atoms with Crippen LogP contribution < -0.4 is 5.32 Å². The molecule has 1 aromatic heterocycles. The summed E-state index contributed by atoms with van der Waals surface area (Å²) >= 11 is 0. The average molecular weight is 342 g/mol. The number of H-pyrrole nitrogens is 1. The second-order valence-electron chi connectivity index (χ2n) is 6.26. The third-order valence-electron chi connectivity index (χ3n) is 4.06. The zero-order chi connectivity index (χ0) is 17.5. The van der Waals surface area contributed by atoms with Crippen LogP contribution in [0.4, 0.5) is 5.69 Å². The second-order valence-corrected chi connectivity index (χ2v) is 8.28. The highest BCUT2D eigenvalue weighted by atomic mass is 32.2. The van der Waals surface area contributed by atoms with Crippen LogP contribution in [0.5, 0.6) is 0 Å². The summed E-state index contributed by atoms with van der Waals surface area (Å²) in [4.78, 5) is 3.77. The smallest absolute Gasteiger partial charge is 0.175 e. The van der Waals surface area contributed by atoms with Crippen LogP contribution in [0.2, 0.25) is 0 Å². The van der Waals surface area contributed by atoms with Crippen molar-refractivity contribution in [3.63, 3.8) is 0 Å². The number of aromatic amines is 1. The summed E-state index contributed by atoms with van der Waals surface area (Å²) in [5.74, 6) is 0. The van der Waals surface area contributed by atoms with Gasteiger partial charge >= 0.3 is 0 Å². The van der Waals surface area contributed by atoms with Crippen molar-refractivity contribution < 1.29 is 8.42 Å². The lowest BCUT2D eigenvalue weighted by atomic mass is 10.0. The Balaban J connectivity index is 2.30. The first-order valence-corrected chi connectivity index (χ1v) is 9.87. The molecular formula is C19H22N2O2S. The van der Waals surface area contributed by atoms with Crippen molar-refractivity contribution in [1.29, 1.82) is 0 Å². The molecule has 0 aliphatic rings. The highest BCUT2D eigenvalue weighted by molar-refractivity contribution is 7.90. The second kappa shape index (κ2) is 5.98. The summed E-state index contributed by atoms with van der Waals surface area (Å²) in [6.45, 7) is 6.94. The molecule has 0 radical (unpaired) electrons. The van der Waals surface area contributed by atoms with Gasteiger partial charge in [0, 0.05) is 29.3 Å². The van der Waals surface area contributed by atoms with E-state index < -0.39 is 9.84 Å². The lowest BCUT2D eigenvalue weighted by Gasteiger charge is -2.08. The number of benzene rings is 2. The number of hydrogen-bond donors (Lipinski definition) is 2. The maximum absolute atomic E-state index is 11.9.